The van der Waals surface area contributed by atoms with Gasteiger partial charge in [-0.15, -0.1) is 9.42 Å². The lowest BCUT2D eigenvalue weighted by molar-refractivity contribution is -0.126. The SMILES string of the molecule is CCCC[C@@H](F)C(=O)CO[P+](=O)O. The summed E-state index contributed by atoms with van der Waals surface area (Å²) in [5.41, 5.74) is 0. The Balaban J connectivity index is 3.63. The molecule has 1 N–H and O–H groups in total. The second-order valence-corrected chi connectivity index (χ2v) is 3.32. The molecule has 0 aliphatic heterocycles. The van der Waals surface area contributed by atoms with E-state index in [0.717, 1.165) is 6.42 Å². The van der Waals surface area contributed by atoms with Crippen LogP contribution in [-0.4, -0.2) is 23.5 Å². The van der Waals surface area contributed by atoms with Crippen LogP contribution >= 0.6 is 8.25 Å². The van der Waals surface area contributed by atoms with Gasteiger partial charge in [0.15, 0.2) is 18.6 Å². The molecule has 76 valence electrons. The third-order valence-electron chi connectivity index (χ3n) is 1.48. The van der Waals surface area contributed by atoms with Crippen molar-refractivity contribution in [3.05, 3.63) is 0 Å². The van der Waals surface area contributed by atoms with Crippen molar-refractivity contribution in [1.82, 2.24) is 0 Å². The van der Waals surface area contributed by atoms with Crippen molar-refractivity contribution in [3.63, 3.8) is 0 Å². The number of halogens is 1. The van der Waals surface area contributed by atoms with Crippen LogP contribution in [0.4, 0.5) is 4.39 Å². The molecular formula is C7H13FO4P+. The number of carbonyl (C=O) groups is 1. The molecule has 0 bridgehead atoms. The fourth-order valence-corrected chi connectivity index (χ4v) is 0.991. The molecule has 13 heavy (non-hydrogen) atoms. The molecule has 0 amide bonds. The summed E-state index contributed by atoms with van der Waals surface area (Å²) in [5.74, 6) is -0.772. The highest BCUT2D eigenvalue weighted by Gasteiger charge is 2.22. The topological polar surface area (TPSA) is 63.6 Å². The van der Waals surface area contributed by atoms with Gasteiger partial charge in [-0.05, 0) is 6.42 Å². The van der Waals surface area contributed by atoms with E-state index in [1.807, 2.05) is 6.92 Å². The van der Waals surface area contributed by atoms with Gasteiger partial charge in [0.05, 0.1) is 0 Å². The molecule has 0 heterocycles. The van der Waals surface area contributed by atoms with Crippen LogP contribution in [0.2, 0.25) is 0 Å². The first-order valence-corrected chi connectivity index (χ1v) is 5.16. The normalized spacial score (nSPS) is 13.9. The quantitative estimate of drug-likeness (QED) is 0.651. The molecule has 0 fully saturated rings. The van der Waals surface area contributed by atoms with Crippen LogP contribution in [0.25, 0.3) is 0 Å². The van der Waals surface area contributed by atoms with Crippen LogP contribution in [0.15, 0.2) is 0 Å². The Bertz CT molecular complexity index is 185. The fourth-order valence-electron chi connectivity index (χ4n) is 0.754. The molecule has 0 aromatic carbocycles. The zero-order valence-corrected chi connectivity index (χ0v) is 8.30. The van der Waals surface area contributed by atoms with Crippen molar-refractivity contribution in [2.45, 2.75) is 32.4 Å². The predicted octanol–water partition coefficient (Wildman–Crippen LogP) is 1.75. The molecule has 0 aromatic rings. The summed E-state index contributed by atoms with van der Waals surface area (Å²) in [6.07, 6.45) is 0.0110. The van der Waals surface area contributed by atoms with Gasteiger partial charge >= 0.3 is 8.25 Å². The van der Waals surface area contributed by atoms with Gasteiger partial charge in [0.2, 0.25) is 0 Å². The first kappa shape index (κ1) is 12.6. The maximum atomic E-state index is 12.8. The molecule has 0 radical (unpaired) electrons. The van der Waals surface area contributed by atoms with E-state index in [0.29, 0.717) is 6.42 Å². The number of unbranched alkanes of at least 4 members (excludes halogenated alkanes) is 1. The van der Waals surface area contributed by atoms with Gasteiger partial charge in [0.25, 0.3) is 0 Å². The summed E-state index contributed by atoms with van der Waals surface area (Å²) in [5, 5.41) is 0. The minimum absolute atomic E-state index is 0.154. The summed E-state index contributed by atoms with van der Waals surface area (Å²) < 4.78 is 26.9. The Kier molecular flexibility index (Phi) is 6.86. The fraction of sp³-hybridized carbons (Fsp3) is 0.857. The lowest BCUT2D eigenvalue weighted by Gasteiger charge is -2.02. The number of rotatable bonds is 7. The zero-order chi connectivity index (χ0) is 10.3. The largest absolute Gasteiger partial charge is 0.695 e. The monoisotopic (exact) mass is 211 g/mol. The van der Waals surface area contributed by atoms with Crippen molar-refractivity contribution >= 4 is 14.0 Å². The molecule has 0 rings (SSSR count). The van der Waals surface area contributed by atoms with Gasteiger partial charge in [-0.2, -0.15) is 0 Å². The third kappa shape index (κ3) is 6.75. The van der Waals surface area contributed by atoms with Gasteiger partial charge < -0.3 is 0 Å². The number of carbonyl (C=O) groups excluding carboxylic acids is 1. The first-order chi connectivity index (χ1) is 6.07. The van der Waals surface area contributed by atoms with Crippen LogP contribution in [0.1, 0.15) is 26.2 Å². The molecule has 0 saturated heterocycles. The Morgan fingerprint density at radius 2 is 2.31 bits per heavy atom. The van der Waals surface area contributed by atoms with E-state index < -0.39 is 26.8 Å². The number of hydrogen-bond donors (Lipinski definition) is 1. The van der Waals surface area contributed by atoms with Gasteiger partial charge in [-0.25, -0.2) is 4.39 Å². The molecule has 4 nitrogen and oxygen atoms in total. The van der Waals surface area contributed by atoms with Gasteiger partial charge in [-0.3, -0.25) is 4.79 Å². The van der Waals surface area contributed by atoms with Crippen molar-refractivity contribution < 1.29 is 23.2 Å². The van der Waals surface area contributed by atoms with E-state index in [4.69, 9.17) is 4.89 Å². The molecule has 6 heteroatoms. The Morgan fingerprint density at radius 1 is 1.69 bits per heavy atom. The third-order valence-corrected chi connectivity index (χ3v) is 1.83. The van der Waals surface area contributed by atoms with Crippen molar-refractivity contribution in [1.29, 1.82) is 0 Å². The number of Topliss-reactive ketones (excluding diaryl/α,β-unsaturated/α-hetero) is 1. The molecule has 0 aliphatic carbocycles. The van der Waals surface area contributed by atoms with Gasteiger partial charge in [0, 0.05) is 4.57 Å². The molecular weight excluding hydrogens is 198 g/mol. The first-order valence-electron chi connectivity index (χ1n) is 4.03. The van der Waals surface area contributed by atoms with E-state index >= 15 is 0 Å². The standard InChI is InChI=1S/C7H12FO4P/c1-2-3-4-6(8)7(9)5-12-13(10)11/h6H,2-5H2,1H3/p+1/t6-/m1/s1. The van der Waals surface area contributed by atoms with Crippen molar-refractivity contribution in [3.8, 4) is 0 Å². The maximum Gasteiger partial charge on any atom is 0.695 e. The molecule has 0 aliphatic rings. The lowest BCUT2D eigenvalue weighted by Crippen LogP contribution is -2.19. The van der Waals surface area contributed by atoms with E-state index in [2.05, 4.69) is 4.52 Å². The summed E-state index contributed by atoms with van der Waals surface area (Å²) in [6, 6.07) is 0. The highest BCUT2D eigenvalue weighted by Crippen LogP contribution is 2.15. The highest BCUT2D eigenvalue weighted by molar-refractivity contribution is 7.32. The van der Waals surface area contributed by atoms with E-state index in [1.54, 1.807) is 0 Å². The van der Waals surface area contributed by atoms with Gasteiger partial charge in [-0.1, -0.05) is 19.8 Å². The second kappa shape index (κ2) is 7.06. The number of hydrogen-bond acceptors (Lipinski definition) is 3. The number of ketones is 1. The summed E-state index contributed by atoms with van der Waals surface area (Å²) in [6.45, 7) is 1.26. The van der Waals surface area contributed by atoms with Crippen LogP contribution in [0.5, 0.6) is 0 Å². The van der Waals surface area contributed by atoms with Crippen molar-refractivity contribution in [2.24, 2.45) is 0 Å². The average molecular weight is 211 g/mol. The molecule has 0 aromatic heterocycles. The smallest absolute Gasteiger partial charge is 0.294 e. The Labute approximate surface area is 77.0 Å². The van der Waals surface area contributed by atoms with E-state index in [9.17, 15) is 13.8 Å². The lowest BCUT2D eigenvalue weighted by atomic mass is 10.1. The highest BCUT2D eigenvalue weighted by atomic mass is 31.1. The molecule has 0 spiro atoms. The van der Waals surface area contributed by atoms with Crippen molar-refractivity contribution in [2.75, 3.05) is 6.61 Å². The van der Waals surface area contributed by atoms with E-state index in [1.165, 1.54) is 0 Å². The average Bonchev–Trinajstić information content (AvgIpc) is 2.10. The molecule has 1 unspecified atom stereocenters. The van der Waals surface area contributed by atoms with Crippen LogP contribution in [0.3, 0.4) is 0 Å². The summed E-state index contributed by atoms with van der Waals surface area (Å²) in [7, 11) is -2.81. The minimum atomic E-state index is -2.81. The van der Waals surface area contributed by atoms with E-state index in [-0.39, 0.29) is 6.42 Å². The minimum Gasteiger partial charge on any atom is -0.294 e. The van der Waals surface area contributed by atoms with Gasteiger partial charge in [0.1, 0.15) is 0 Å². The molecule has 2 atom stereocenters. The Morgan fingerprint density at radius 3 is 2.77 bits per heavy atom. The zero-order valence-electron chi connectivity index (χ0n) is 7.40. The van der Waals surface area contributed by atoms with Crippen LogP contribution < -0.4 is 0 Å². The van der Waals surface area contributed by atoms with Crippen LogP contribution in [-0.2, 0) is 13.9 Å². The molecule has 0 saturated carbocycles. The maximum absolute atomic E-state index is 12.8. The second-order valence-electron chi connectivity index (χ2n) is 2.59. The predicted molar refractivity (Wildman–Crippen MR) is 45.2 cm³/mol. The summed E-state index contributed by atoms with van der Waals surface area (Å²) in [4.78, 5) is 19.0. The summed E-state index contributed by atoms with van der Waals surface area (Å²) >= 11 is 0. The number of alkyl halides is 1. The van der Waals surface area contributed by atoms with Crippen LogP contribution in [0, 0.1) is 0 Å². The Hall–Kier alpha value is -0.380.